The highest BCUT2D eigenvalue weighted by molar-refractivity contribution is 6.31. The quantitative estimate of drug-likeness (QED) is 0.827. The van der Waals surface area contributed by atoms with E-state index in [0.717, 1.165) is 0 Å². The predicted octanol–water partition coefficient (Wildman–Crippen LogP) is 1.58. The number of anilines is 2. The van der Waals surface area contributed by atoms with Crippen LogP contribution in [0.15, 0.2) is 18.2 Å². The Hall–Kier alpha value is -1.46. The van der Waals surface area contributed by atoms with Gasteiger partial charge in [0.2, 0.25) is 5.91 Å². The summed E-state index contributed by atoms with van der Waals surface area (Å²) in [5.74, 6) is 0.0441. The third-order valence-corrected chi connectivity index (χ3v) is 3.32. The van der Waals surface area contributed by atoms with Gasteiger partial charge >= 0.3 is 0 Å². The van der Waals surface area contributed by atoms with E-state index in [1.807, 2.05) is 6.92 Å². The van der Waals surface area contributed by atoms with E-state index in [1.165, 1.54) is 0 Å². The van der Waals surface area contributed by atoms with Crippen LogP contribution in [0, 0.1) is 0 Å². The molecule has 0 aromatic heterocycles. The van der Waals surface area contributed by atoms with Crippen LogP contribution in [-0.4, -0.2) is 43.2 Å². The Labute approximate surface area is 117 Å². The Balaban J connectivity index is 2.01. The molecule has 1 aromatic carbocycles. The number of ether oxygens (including phenoxy) is 1. The molecule has 5 nitrogen and oxygen atoms in total. The number of hydrogen-bond acceptors (Lipinski definition) is 4. The lowest BCUT2D eigenvalue weighted by atomic mass is 10.2. The van der Waals surface area contributed by atoms with Gasteiger partial charge in [0.05, 0.1) is 24.6 Å². The van der Waals surface area contributed by atoms with E-state index in [2.05, 4.69) is 5.32 Å². The molecule has 6 heteroatoms. The van der Waals surface area contributed by atoms with Crippen molar-refractivity contribution in [3.8, 4) is 0 Å². The minimum absolute atomic E-state index is 0.0441. The van der Waals surface area contributed by atoms with E-state index in [1.54, 1.807) is 23.1 Å². The second-order valence-electron chi connectivity index (χ2n) is 4.54. The van der Waals surface area contributed by atoms with Gasteiger partial charge in [-0.15, -0.1) is 0 Å². The van der Waals surface area contributed by atoms with E-state index >= 15 is 0 Å². The van der Waals surface area contributed by atoms with Crippen LogP contribution in [0.25, 0.3) is 0 Å². The first-order valence-electron chi connectivity index (χ1n) is 6.26. The first-order valence-corrected chi connectivity index (χ1v) is 6.64. The molecule has 1 unspecified atom stereocenters. The van der Waals surface area contributed by atoms with Crippen molar-refractivity contribution in [2.75, 3.05) is 37.4 Å². The topological polar surface area (TPSA) is 67.6 Å². The fraction of sp³-hybridized carbons (Fsp3) is 0.462. The maximum atomic E-state index is 12.2. The minimum Gasteiger partial charge on any atom is -0.397 e. The van der Waals surface area contributed by atoms with Crippen LogP contribution in [0.5, 0.6) is 0 Å². The molecule has 0 aliphatic carbocycles. The van der Waals surface area contributed by atoms with Crippen LogP contribution in [0.2, 0.25) is 5.02 Å². The van der Waals surface area contributed by atoms with Gasteiger partial charge in [-0.3, -0.25) is 4.79 Å². The van der Waals surface area contributed by atoms with Crippen molar-refractivity contribution < 1.29 is 9.53 Å². The number of morpholine rings is 1. The minimum atomic E-state index is -0.348. The summed E-state index contributed by atoms with van der Waals surface area (Å²) in [5, 5.41) is 3.69. The third kappa shape index (κ3) is 3.52. The molecule has 1 amide bonds. The number of amides is 1. The van der Waals surface area contributed by atoms with E-state index < -0.39 is 0 Å². The van der Waals surface area contributed by atoms with Crippen LogP contribution in [0.4, 0.5) is 11.4 Å². The molecule has 0 saturated carbocycles. The first kappa shape index (κ1) is 14.0. The summed E-state index contributed by atoms with van der Waals surface area (Å²) in [6, 6.07) is 4.81. The molecule has 1 saturated heterocycles. The van der Waals surface area contributed by atoms with Gasteiger partial charge in [-0.25, -0.2) is 0 Å². The Morgan fingerprint density at radius 1 is 1.47 bits per heavy atom. The van der Waals surface area contributed by atoms with Crippen molar-refractivity contribution in [3.63, 3.8) is 0 Å². The monoisotopic (exact) mass is 283 g/mol. The second-order valence-corrected chi connectivity index (χ2v) is 4.97. The molecule has 1 aromatic rings. The molecule has 104 valence electrons. The number of nitrogens with zero attached hydrogens (tertiary/aromatic N) is 1. The van der Waals surface area contributed by atoms with Crippen molar-refractivity contribution in [2.24, 2.45) is 0 Å². The number of hydrogen-bond donors (Lipinski definition) is 2. The Morgan fingerprint density at radius 3 is 2.84 bits per heavy atom. The van der Waals surface area contributed by atoms with Gasteiger partial charge in [0.25, 0.3) is 0 Å². The highest BCUT2D eigenvalue weighted by atomic mass is 35.5. The van der Waals surface area contributed by atoms with Crippen LogP contribution in [0.3, 0.4) is 0 Å². The second kappa shape index (κ2) is 6.12. The van der Waals surface area contributed by atoms with Gasteiger partial charge in [0.1, 0.15) is 6.04 Å². The number of nitrogens with one attached hydrogen (secondary N) is 1. The summed E-state index contributed by atoms with van der Waals surface area (Å²) in [6.45, 7) is 4.28. The number of nitrogen functional groups attached to an aromatic ring is 1. The van der Waals surface area contributed by atoms with Gasteiger partial charge < -0.3 is 20.7 Å². The summed E-state index contributed by atoms with van der Waals surface area (Å²) >= 11 is 5.92. The number of halogens is 1. The molecule has 0 radical (unpaired) electrons. The third-order valence-electron chi connectivity index (χ3n) is 3.08. The van der Waals surface area contributed by atoms with Crippen LogP contribution >= 0.6 is 11.6 Å². The summed E-state index contributed by atoms with van der Waals surface area (Å²) in [5.41, 5.74) is 7.11. The van der Waals surface area contributed by atoms with E-state index in [4.69, 9.17) is 22.1 Å². The predicted molar refractivity (Wildman–Crippen MR) is 76.3 cm³/mol. The Morgan fingerprint density at radius 2 is 2.16 bits per heavy atom. The van der Waals surface area contributed by atoms with Crippen molar-refractivity contribution in [1.29, 1.82) is 0 Å². The van der Waals surface area contributed by atoms with Crippen molar-refractivity contribution in [2.45, 2.75) is 13.0 Å². The normalized spacial score (nSPS) is 17.1. The summed E-state index contributed by atoms with van der Waals surface area (Å²) in [4.78, 5) is 14.0. The van der Waals surface area contributed by atoms with E-state index in [-0.39, 0.29) is 11.9 Å². The number of nitrogens with two attached hydrogens (primary N) is 1. The lowest BCUT2D eigenvalue weighted by Crippen LogP contribution is -2.47. The van der Waals surface area contributed by atoms with Gasteiger partial charge in [-0.1, -0.05) is 11.6 Å². The van der Waals surface area contributed by atoms with Gasteiger partial charge in [-0.2, -0.15) is 0 Å². The largest absolute Gasteiger partial charge is 0.397 e. The van der Waals surface area contributed by atoms with Gasteiger partial charge in [-0.05, 0) is 25.1 Å². The van der Waals surface area contributed by atoms with Crippen molar-refractivity contribution in [1.82, 2.24) is 4.90 Å². The molecule has 0 bridgehead atoms. The molecule has 1 heterocycles. The number of benzene rings is 1. The average Bonchev–Trinajstić information content (AvgIpc) is 2.43. The summed E-state index contributed by atoms with van der Waals surface area (Å²) in [7, 11) is 0. The molecule has 0 spiro atoms. The lowest BCUT2D eigenvalue weighted by Gasteiger charge is -2.30. The van der Waals surface area contributed by atoms with Gasteiger partial charge in [0.15, 0.2) is 0 Å². The molecule has 2 rings (SSSR count). The maximum absolute atomic E-state index is 12.2. The zero-order chi connectivity index (χ0) is 13.8. The molecular formula is C13H18ClN3O2. The highest BCUT2D eigenvalue weighted by Gasteiger charge is 2.22. The molecule has 1 fully saturated rings. The Bertz CT molecular complexity index is 461. The molecule has 19 heavy (non-hydrogen) atoms. The smallest absolute Gasteiger partial charge is 0.244 e. The lowest BCUT2D eigenvalue weighted by molar-refractivity contribution is -0.135. The first-order chi connectivity index (χ1) is 9.08. The number of rotatable bonds is 3. The standard InChI is InChI=1S/C13H18ClN3O2/c1-9(13(18)17-4-6-19-7-5-17)16-12-8-10(14)2-3-11(12)15/h2-3,8-9,16H,4-7,15H2,1H3. The SMILES string of the molecule is CC(Nc1cc(Cl)ccc1N)C(=O)N1CCOCC1. The highest BCUT2D eigenvalue weighted by Crippen LogP contribution is 2.23. The van der Waals surface area contributed by atoms with Crippen LogP contribution in [-0.2, 0) is 9.53 Å². The average molecular weight is 284 g/mol. The molecular weight excluding hydrogens is 266 g/mol. The fourth-order valence-electron chi connectivity index (χ4n) is 2.01. The maximum Gasteiger partial charge on any atom is 0.244 e. The summed E-state index contributed by atoms with van der Waals surface area (Å²) < 4.78 is 5.23. The summed E-state index contributed by atoms with van der Waals surface area (Å²) in [6.07, 6.45) is 0. The molecule has 1 atom stereocenters. The van der Waals surface area contributed by atoms with Gasteiger partial charge in [0, 0.05) is 18.1 Å². The molecule has 1 aliphatic heterocycles. The molecule has 3 N–H and O–H groups in total. The van der Waals surface area contributed by atoms with E-state index in [9.17, 15) is 4.79 Å². The number of carbonyl (C=O) groups is 1. The van der Waals surface area contributed by atoms with Crippen molar-refractivity contribution >= 4 is 28.9 Å². The van der Waals surface area contributed by atoms with Crippen LogP contribution in [0.1, 0.15) is 6.92 Å². The zero-order valence-corrected chi connectivity index (χ0v) is 11.6. The molecule has 1 aliphatic rings. The Kier molecular flexibility index (Phi) is 4.50. The fourth-order valence-corrected chi connectivity index (χ4v) is 2.18. The number of carbonyl (C=O) groups excluding carboxylic acids is 1. The van der Waals surface area contributed by atoms with Crippen LogP contribution < -0.4 is 11.1 Å². The van der Waals surface area contributed by atoms with E-state index in [0.29, 0.717) is 42.7 Å². The zero-order valence-electron chi connectivity index (χ0n) is 10.9. The van der Waals surface area contributed by atoms with Crippen molar-refractivity contribution in [3.05, 3.63) is 23.2 Å².